The Hall–Kier alpha value is -0.180. The summed E-state index contributed by atoms with van der Waals surface area (Å²) in [6.45, 7) is 4.39. The molecular formula is C14H22ClNS. The van der Waals surface area contributed by atoms with Crippen LogP contribution in [0.5, 0.6) is 0 Å². The van der Waals surface area contributed by atoms with E-state index in [4.69, 9.17) is 17.3 Å². The van der Waals surface area contributed by atoms with Crippen LogP contribution in [0.2, 0.25) is 5.02 Å². The monoisotopic (exact) mass is 271 g/mol. The first kappa shape index (κ1) is 14.9. The summed E-state index contributed by atoms with van der Waals surface area (Å²) in [6.07, 6.45) is 3.38. The minimum absolute atomic E-state index is 0.303. The van der Waals surface area contributed by atoms with E-state index < -0.39 is 0 Å². The van der Waals surface area contributed by atoms with Gasteiger partial charge in [0.25, 0.3) is 0 Å². The lowest BCUT2D eigenvalue weighted by atomic mass is 10.1. The molecule has 0 fully saturated rings. The van der Waals surface area contributed by atoms with Crippen molar-refractivity contribution in [3.05, 3.63) is 34.9 Å². The minimum atomic E-state index is 0.303. The number of hydrogen-bond donors (Lipinski definition) is 1. The van der Waals surface area contributed by atoms with Crippen LogP contribution in [0.4, 0.5) is 0 Å². The van der Waals surface area contributed by atoms with Crippen LogP contribution in [0, 0.1) is 0 Å². The van der Waals surface area contributed by atoms with Gasteiger partial charge < -0.3 is 5.73 Å². The van der Waals surface area contributed by atoms with Gasteiger partial charge in [-0.25, -0.2) is 0 Å². The Morgan fingerprint density at radius 2 is 2.00 bits per heavy atom. The summed E-state index contributed by atoms with van der Waals surface area (Å²) in [5.41, 5.74) is 7.40. The second kappa shape index (κ2) is 8.02. The molecule has 17 heavy (non-hydrogen) atoms. The van der Waals surface area contributed by atoms with Gasteiger partial charge in [-0.3, -0.25) is 0 Å². The van der Waals surface area contributed by atoms with Crippen LogP contribution < -0.4 is 5.73 Å². The molecule has 0 aliphatic carbocycles. The molecule has 1 nitrogen and oxygen atoms in total. The van der Waals surface area contributed by atoms with Gasteiger partial charge in [-0.1, -0.05) is 50.1 Å². The molecule has 0 heterocycles. The van der Waals surface area contributed by atoms with Crippen molar-refractivity contribution >= 4 is 23.4 Å². The average Bonchev–Trinajstić information content (AvgIpc) is 2.32. The quantitative estimate of drug-likeness (QED) is 0.791. The van der Waals surface area contributed by atoms with E-state index in [1.807, 2.05) is 30.0 Å². The second-order valence-electron chi connectivity index (χ2n) is 4.30. The van der Waals surface area contributed by atoms with Crippen molar-refractivity contribution in [3.63, 3.8) is 0 Å². The summed E-state index contributed by atoms with van der Waals surface area (Å²) >= 11 is 8.07. The largest absolute Gasteiger partial charge is 0.327 e. The summed E-state index contributed by atoms with van der Waals surface area (Å²) < 4.78 is 0. The Kier molecular flexibility index (Phi) is 7.02. The molecule has 0 aliphatic rings. The highest BCUT2D eigenvalue weighted by molar-refractivity contribution is 7.99. The fraction of sp³-hybridized carbons (Fsp3) is 0.571. The van der Waals surface area contributed by atoms with Crippen molar-refractivity contribution < 1.29 is 0 Å². The van der Waals surface area contributed by atoms with Crippen molar-refractivity contribution in [1.29, 1.82) is 0 Å². The van der Waals surface area contributed by atoms with E-state index in [0.717, 1.165) is 30.0 Å². The van der Waals surface area contributed by atoms with Gasteiger partial charge in [0, 0.05) is 22.1 Å². The molecule has 0 saturated carbocycles. The van der Waals surface area contributed by atoms with Gasteiger partial charge in [-0.05, 0) is 24.5 Å². The van der Waals surface area contributed by atoms with Crippen LogP contribution in [0.3, 0.4) is 0 Å². The smallest absolute Gasteiger partial charge is 0.0446 e. The third-order valence-corrected chi connectivity index (χ3v) is 4.87. The zero-order valence-corrected chi connectivity index (χ0v) is 12.2. The van der Waals surface area contributed by atoms with E-state index in [0.29, 0.717) is 11.3 Å². The predicted molar refractivity (Wildman–Crippen MR) is 79.7 cm³/mol. The van der Waals surface area contributed by atoms with E-state index in [9.17, 15) is 0 Å². The summed E-state index contributed by atoms with van der Waals surface area (Å²) in [5, 5.41) is 1.39. The van der Waals surface area contributed by atoms with Crippen LogP contribution in [-0.4, -0.2) is 11.3 Å². The second-order valence-corrected chi connectivity index (χ2v) is 5.94. The van der Waals surface area contributed by atoms with E-state index in [1.54, 1.807) is 0 Å². The number of nitrogens with two attached hydrogens (primary N) is 1. The SMILES string of the molecule is CCCC(N)C(CC)SCc1ccccc1Cl. The Morgan fingerprint density at radius 3 is 2.59 bits per heavy atom. The highest BCUT2D eigenvalue weighted by Crippen LogP contribution is 2.27. The molecule has 1 aromatic carbocycles. The maximum absolute atomic E-state index is 6.19. The molecule has 0 spiro atoms. The highest BCUT2D eigenvalue weighted by Gasteiger charge is 2.15. The molecule has 0 bridgehead atoms. The van der Waals surface area contributed by atoms with E-state index in [2.05, 4.69) is 19.9 Å². The van der Waals surface area contributed by atoms with Crippen LogP contribution in [0.1, 0.15) is 38.7 Å². The molecular weight excluding hydrogens is 250 g/mol. The standard InChI is InChI=1S/C14H22ClNS/c1-3-7-13(16)14(4-2)17-10-11-8-5-6-9-12(11)15/h5-6,8-9,13-14H,3-4,7,10,16H2,1-2H3. The van der Waals surface area contributed by atoms with Gasteiger partial charge in [0.05, 0.1) is 0 Å². The van der Waals surface area contributed by atoms with Gasteiger partial charge >= 0.3 is 0 Å². The maximum Gasteiger partial charge on any atom is 0.0446 e. The summed E-state index contributed by atoms with van der Waals surface area (Å²) in [7, 11) is 0. The van der Waals surface area contributed by atoms with Crippen LogP contribution in [0.15, 0.2) is 24.3 Å². The first-order valence-electron chi connectivity index (χ1n) is 6.29. The predicted octanol–water partition coefficient (Wildman–Crippen LogP) is 4.48. The molecule has 2 atom stereocenters. The van der Waals surface area contributed by atoms with E-state index in [1.165, 1.54) is 5.56 Å². The van der Waals surface area contributed by atoms with E-state index >= 15 is 0 Å². The highest BCUT2D eigenvalue weighted by atomic mass is 35.5. The molecule has 1 rings (SSSR count). The van der Waals surface area contributed by atoms with Crippen molar-refractivity contribution in [2.75, 3.05) is 0 Å². The lowest BCUT2D eigenvalue weighted by molar-refractivity contribution is 0.566. The van der Waals surface area contributed by atoms with Gasteiger partial charge in [0.15, 0.2) is 0 Å². The van der Waals surface area contributed by atoms with Crippen molar-refractivity contribution in [2.45, 2.75) is 50.2 Å². The molecule has 2 unspecified atom stereocenters. The molecule has 1 aromatic rings. The molecule has 0 saturated heterocycles. The first-order valence-corrected chi connectivity index (χ1v) is 7.72. The molecule has 3 heteroatoms. The van der Waals surface area contributed by atoms with Crippen LogP contribution >= 0.6 is 23.4 Å². The minimum Gasteiger partial charge on any atom is -0.327 e. The molecule has 96 valence electrons. The number of benzene rings is 1. The van der Waals surface area contributed by atoms with Gasteiger partial charge in [0.1, 0.15) is 0 Å². The van der Waals surface area contributed by atoms with Crippen molar-refractivity contribution in [1.82, 2.24) is 0 Å². The Bertz CT molecular complexity index is 330. The summed E-state index contributed by atoms with van der Waals surface area (Å²) in [5.74, 6) is 0.954. The van der Waals surface area contributed by atoms with Gasteiger partial charge in [-0.15, -0.1) is 0 Å². The molecule has 0 radical (unpaired) electrons. The number of thioether (sulfide) groups is 1. The number of hydrogen-bond acceptors (Lipinski definition) is 2. The molecule has 2 N–H and O–H groups in total. The third kappa shape index (κ3) is 4.90. The zero-order chi connectivity index (χ0) is 12.7. The maximum atomic E-state index is 6.19. The van der Waals surface area contributed by atoms with Crippen molar-refractivity contribution in [2.24, 2.45) is 5.73 Å². The Balaban J connectivity index is 2.50. The Labute approximate surface area is 114 Å². The lowest BCUT2D eigenvalue weighted by Gasteiger charge is -2.22. The number of rotatable bonds is 7. The summed E-state index contributed by atoms with van der Waals surface area (Å²) in [6, 6.07) is 8.35. The molecule has 0 aliphatic heterocycles. The fourth-order valence-electron chi connectivity index (χ4n) is 1.88. The molecule has 0 aromatic heterocycles. The normalized spacial score (nSPS) is 14.6. The Morgan fingerprint density at radius 1 is 1.29 bits per heavy atom. The van der Waals surface area contributed by atoms with Crippen LogP contribution in [-0.2, 0) is 5.75 Å². The summed E-state index contributed by atoms with van der Waals surface area (Å²) in [4.78, 5) is 0. The average molecular weight is 272 g/mol. The van der Waals surface area contributed by atoms with Crippen molar-refractivity contribution in [3.8, 4) is 0 Å². The lowest BCUT2D eigenvalue weighted by Crippen LogP contribution is -2.31. The molecule has 0 amide bonds. The third-order valence-electron chi connectivity index (χ3n) is 2.91. The topological polar surface area (TPSA) is 26.0 Å². The number of halogens is 1. The van der Waals surface area contributed by atoms with Gasteiger partial charge in [-0.2, -0.15) is 11.8 Å². The van der Waals surface area contributed by atoms with E-state index in [-0.39, 0.29) is 0 Å². The van der Waals surface area contributed by atoms with Gasteiger partial charge in [0.2, 0.25) is 0 Å². The fourth-order valence-corrected chi connectivity index (χ4v) is 3.42. The zero-order valence-electron chi connectivity index (χ0n) is 10.7. The van der Waals surface area contributed by atoms with Crippen LogP contribution in [0.25, 0.3) is 0 Å². The first-order chi connectivity index (χ1) is 8.19.